The average molecular weight is 414 g/mol. The van der Waals surface area contributed by atoms with Gasteiger partial charge < -0.3 is 15.4 Å². The van der Waals surface area contributed by atoms with Gasteiger partial charge in [0.15, 0.2) is 0 Å². The van der Waals surface area contributed by atoms with Crippen molar-refractivity contribution in [2.24, 2.45) is 5.92 Å². The molecule has 0 unspecified atom stereocenters. The zero-order valence-electron chi connectivity index (χ0n) is 16.1. The number of carbonyl (C=O) groups is 1. The van der Waals surface area contributed by atoms with E-state index in [9.17, 15) is 23.1 Å². The molecule has 7 heteroatoms. The summed E-state index contributed by atoms with van der Waals surface area (Å²) in [6.45, 7) is -0.0649. The Bertz CT molecular complexity index is 1130. The van der Waals surface area contributed by atoms with Crippen LogP contribution in [0, 0.1) is 23.4 Å². The van der Waals surface area contributed by atoms with Gasteiger partial charge in [0.1, 0.15) is 17.5 Å². The number of carbonyl (C=O) groups excluding carboxylic acids is 1. The molecular formula is C23H21F3N2O2. The van der Waals surface area contributed by atoms with E-state index in [1.165, 1.54) is 18.2 Å². The first-order valence-electron chi connectivity index (χ1n) is 10.1. The Labute approximate surface area is 171 Å². The lowest BCUT2D eigenvalue weighted by Crippen LogP contribution is -2.46. The van der Waals surface area contributed by atoms with E-state index in [0.717, 1.165) is 24.5 Å². The van der Waals surface area contributed by atoms with Gasteiger partial charge in [-0.3, -0.25) is 4.79 Å². The molecular weight excluding hydrogens is 393 g/mol. The Hall–Kier alpha value is -2.80. The fourth-order valence-electron chi connectivity index (χ4n) is 4.41. The van der Waals surface area contributed by atoms with Crippen LogP contribution in [0.3, 0.4) is 0 Å². The van der Waals surface area contributed by atoms with Gasteiger partial charge in [0, 0.05) is 17.4 Å². The lowest BCUT2D eigenvalue weighted by Gasteiger charge is -2.36. The molecule has 0 spiro atoms. The molecule has 2 saturated carbocycles. The number of aliphatic hydroxyl groups excluding tert-OH is 1. The summed E-state index contributed by atoms with van der Waals surface area (Å²) in [5.41, 5.74) is 1.78. The van der Waals surface area contributed by atoms with Crippen LogP contribution >= 0.6 is 0 Å². The number of aromatic amines is 1. The van der Waals surface area contributed by atoms with Crippen LogP contribution in [0.4, 0.5) is 13.2 Å². The number of amides is 1. The summed E-state index contributed by atoms with van der Waals surface area (Å²) in [6, 6.07) is 7.97. The van der Waals surface area contributed by atoms with E-state index in [0.29, 0.717) is 29.5 Å². The SMILES string of the molecule is O=C(NC1(CO)CC1)C1CC(c2c(-c3ccc(F)cc3)[nH]c3c(F)cc(F)cc23)C1. The van der Waals surface area contributed by atoms with Crippen LogP contribution in [0.1, 0.15) is 37.2 Å². The van der Waals surface area contributed by atoms with E-state index < -0.39 is 17.2 Å². The van der Waals surface area contributed by atoms with E-state index in [4.69, 9.17) is 0 Å². The molecule has 1 aromatic heterocycles. The Morgan fingerprint density at radius 1 is 1.10 bits per heavy atom. The third-order valence-corrected chi connectivity index (χ3v) is 6.46. The van der Waals surface area contributed by atoms with Crippen molar-refractivity contribution in [3.63, 3.8) is 0 Å². The molecule has 0 aliphatic heterocycles. The van der Waals surface area contributed by atoms with Gasteiger partial charge >= 0.3 is 0 Å². The van der Waals surface area contributed by atoms with E-state index in [1.54, 1.807) is 12.1 Å². The molecule has 2 fully saturated rings. The molecule has 30 heavy (non-hydrogen) atoms. The van der Waals surface area contributed by atoms with E-state index in [1.807, 2.05) is 0 Å². The molecule has 2 aliphatic rings. The van der Waals surface area contributed by atoms with E-state index >= 15 is 0 Å². The topological polar surface area (TPSA) is 65.1 Å². The van der Waals surface area contributed by atoms with Crippen LogP contribution in [0.25, 0.3) is 22.2 Å². The van der Waals surface area contributed by atoms with Gasteiger partial charge in [-0.2, -0.15) is 0 Å². The Kier molecular flexibility index (Phi) is 4.39. The largest absolute Gasteiger partial charge is 0.394 e. The van der Waals surface area contributed by atoms with Gasteiger partial charge in [-0.25, -0.2) is 13.2 Å². The highest BCUT2D eigenvalue weighted by Gasteiger charge is 2.46. The molecule has 3 aromatic rings. The first-order valence-corrected chi connectivity index (χ1v) is 10.1. The summed E-state index contributed by atoms with van der Waals surface area (Å²) in [5.74, 6) is -2.08. The summed E-state index contributed by atoms with van der Waals surface area (Å²) in [5, 5.41) is 12.8. The predicted molar refractivity (Wildman–Crippen MR) is 106 cm³/mol. The normalized spacial score (nSPS) is 22.0. The lowest BCUT2D eigenvalue weighted by molar-refractivity contribution is -0.129. The molecule has 0 saturated heterocycles. The molecule has 4 nitrogen and oxygen atoms in total. The maximum Gasteiger partial charge on any atom is 0.223 e. The van der Waals surface area contributed by atoms with Crippen molar-refractivity contribution < 1.29 is 23.1 Å². The maximum absolute atomic E-state index is 14.4. The van der Waals surface area contributed by atoms with Crippen molar-refractivity contribution in [2.45, 2.75) is 37.1 Å². The van der Waals surface area contributed by atoms with Crippen LogP contribution in [-0.2, 0) is 4.79 Å². The highest BCUT2D eigenvalue weighted by molar-refractivity contribution is 5.92. The highest BCUT2D eigenvalue weighted by Crippen LogP contribution is 2.49. The van der Waals surface area contributed by atoms with Gasteiger partial charge in [0.25, 0.3) is 0 Å². The second-order valence-corrected chi connectivity index (χ2v) is 8.52. The average Bonchev–Trinajstić information content (AvgIpc) is 3.35. The van der Waals surface area contributed by atoms with Crippen LogP contribution < -0.4 is 5.32 Å². The monoisotopic (exact) mass is 414 g/mol. The van der Waals surface area contributed by atoms with Crippen LogP contribution in [0.2, 0.25) is 0 Å². The Morgan fingerprint density at radius 2 is 1.80 bits per heavy atom. The van der Waals surface area contributed by atoms with Crippen LogP contribution in [0.5, 0.6) is 0 Å². The number of nitrogens with one attached hydrogen (secondary N) is 2. The Balaban J connectivity index is 1.48. The second kappa shape index (κ2) is 6.87. The minimum Gasteiger partial charge on any atom is -0.394 e. The van der Waals surface area contributed by atoms with Gasteiger partial charge in [-0.1, -0.05) is 0 Å². The number of hydrogen-bond donors (Lipinski definition) is 3. The second-order valence-electron chi connectivity index (χ2n) is 8.52. The zero-order valence-corrected chi connectivity index (χ0v) is 16.1. The third-order valence-electron chi connectivity index (χ3n) is 6.46. The first-order chi connectivity index (χ1) is 14.4. The number of rotatable bonds is 5. The van der Waals surface area contributed by atoms with Gasteiger partial charge in [-0.15, -0.1) is 0 Å². The van der Waals surface area contributed by atoms with E-state index in [2.05, 4.69) is 10.3 Å². The minimum atomic E-state index is -0.688. The summed E-state index contributed by atoms with van der Waals surface area (Å²) in [7, 11) is 0. The summed E-state index contributed by atoms with van der Waals surface area (Å²) in [6.07, 6.45) is 2.65. The molecule has 2 aliphatic carbocycles. The maximum atomic E-state index is 14.4. The van der Waals surface area contributed by atoms with Crippen LogP contribution in [-0.4, -0.2) is 28.1 Å². The molecule has 0 atom stereocenters. The molecule has 1 heterocycles. The smallest absolute Gasteiger partial charge is 0.223 e. The molecule has 2 aromatic carbocycles. The number of hydrogen-bond acceptors (Lipinski definition) is 2. The van der Waals surface area contributed by atoms with E-state index in [-0.39, 0.29) is 35.7 Å². The number of aromatic nitrogens is 1. The summed E-state index contributed by atoms with van der Waals surface area (Å²) in [4.78, 5) is 15.6. The van der Waals surface area contributed by atoms with Gasteiger partial charge in [-0.05, 0) is 73.1 Å². The number of H-pyrrole nitrogens is 1. The number of aliphatic hydroxyl groups is 1. The van der Waals surface area contributed by atoms with Crippen molar-refractivity contribution in [3.05, 3.63) is 59.4 Å². The molecule has 0 bridgehead atoms. The quantitative estimate of drug-likeness (QED) is 0.580. The fraction of sp³-hybridized carbons (Fsp3) is 0.348. The fourth-order valence-corrected chi connectivity index (χ4v) is 4.41. The number of halogens is 3. The lowest BCUT2D eigenvalue weighted by atomic mass is 9.69. The molecule has 0 radical (unpaired) electrons. The standard InChI is InChI=1S/C23H21F3N2O2/c24-15-3-1-12(2-4-15)20-19(17-9-16(25)10-18(26)21(17)27-20)13-7-14(8-13)22(30)28-23(11-29)5-6-23/h1-4,9-10,13-14,27,29H,5-8,11H2,(H,28,30). The van der Waals surface area contributed by atoms with Crippen molar-refractivity contribution in [3.8, 4) is 11.3 Å². The van der Waals surface area contributed by atoms with Crippen LogP contribution in [0.15, 0.2) is 36.4 Å². The van der Waals surface area contributed by atoms with Crippen molar-refractivity contribution in [1.29, 1.82) is 0 Å². The third kappa shape index (κ3) is 3.17. The summed E-state index contributed by atoms with van der Waals surface area (Å²) < 4.78 is 41.8. The van der Waals surface area contributed by atoms with Gasteiger partial charge in [0.2, 0.25) is 5.91 Å². The molecule has 1 amide bonds. The Morgan fingerprint density at radius 3 is 2.43 bits per heavy atom. The van der Waals surface area contributed by atoms with Crippen molar-refractivity contribution in [2.75, 3.05) is 6.61 Å². The minimum absolute atomic E-state index is 0.0555. The number of fused-ring (bicyclic) bond motifs is 1. The molecule has 5 rings (SSSR count). The first kappa shape index (κ1) is 19.2. The van der Waals surface area contributed by atoms with Gasteiger partial charge in [0.05, 0.1) is 23.4 Å². The highest BCUT2D eigenvalue weighted by atomic mass is 19.1. The van der Waals surface area contributed by atoms with Crippen molar-refractivity contribution >= 4 is 16.8 Å². The summed E-state index contributed by atoms with van der Waals surface area (Å²) >= 11 is 0. The predicted octanol–water partition coefficient (Wildman–Crippen LogP) is 4.39. The zero-order chi connectivity index (χ0) is 21.0. The molecule has 156 valence electrons. The number of benzene rings is 2. The van der Waals surface area contributed by atoms with Crippen molar-refractivity contribution in [1.82, 2.24) is 10.3 Å². The molecule has 3 N–H and O–H groups in total.